The van der Waals surface area contributed by atoms with Crippen LogP contribution in [-0.2, 0) is 13.0 Å². The molecule has 134 valence electrons. The molecule has 0 radical (unpaired) electrons. The standard InChI is InChI=1S/C18H18N4O4/c23-17(24)19-13-8-9-15-14(11-13)20-16(21-18(25)26)22(15)10-4-7-12-5-2-1-3-6-12/h1-3,5-6,8-9,11,19H,4,7,10H2,(H,20,21)(H,23,24)(H,25,26). The molecular weight excluding hydrogens is 336 g/mol. The van der Waals surface area contributed by atoms with Crippen LogP contribution in [0.5, 0.6) is 0 Å². The van der Waals surface area contributed by atoms with Gasteiger partial charge in [-0.3, -0.25) is 10.6 Å². The van der Waals surface area contributed by atoms with Gasteiger partial charge >= 0.3 is 12.2 Å². The van der Waals surface area contributed by atoms with Gasteiger partial charge in [-0.1, -0.05) is 30.3 Å². The zero-order valence-corrected chi connectivity index (χ0v) is 13.8. The summed E-state index contributed by atoms with van der Waals surface area (Å²) in [6.45, 7) is 0.576. The van der Waals surface area contributed by atoms with Gasteiger partial charge in [-0.15, -0.1) is 0 Å². The van der Waals surface area contributed by atoms with E-state index in [4.69, 9.17) is 10.2 Å². The fraction of sp³-hybridized carbons (Fsp3) is 0.167. The van der Waals surface area contributed by atoms with Crippen molar-refractivity contribution in [3.8, 4) is 0 Å². The van der Waals surface area contributed by atoms with Crippen LogP contribution in [0.4, 0.5) is 21.2 Å². The Bertz CT molecular complexity index is 937. The third-order valence-corrected chi connectivity index (χ3v) is 3.91. The largest absolute Gasteiger partial charge is 0.465 e. The molecule has 26 heavy (non-hydrogen) atoms. The Morgan fingerprint density at radius 3 is 2.42 bits per heavy atom. The first-order valence-electron chi connectivity index (χ1n) is 8.07. The van der Waals surface area contributed by atoms with E-state index >= 15 is 0 Å². The van der Waals surface area contributed by atoms with Crippen molar-refractivity contribution in [3.63, 3.8) is 0 Å². The summed E-state index contributed by atoms with van der Waals surface area (Å²) in [5.41, 5.74) is 2.83. The number of hydrogen-bond donors (Lipinski definition) is 4. The van der Waals surface area contributed by atoms with Gasteiger partial charge in [-0.25, -0.2) is 14.6 Å². The van der Waals surface area contributed by atoms with Gasteiger partial charge in [-0.05, 0) is 36.6 Å². The molecule has 1 aromatic heterocycles. The van der Waals surface area contributed by atoms with Crippen LogP contribution in [0, 0.1) is 0 Å². The number of anilines is 2. The van der Waals surface area contributed by atoms with Crippen LogP contribution in [0.1, 0.15) is 12.0 Å². The highest BCUT2D eigenvalue weighted by atomic mass is 16.4. The second kappa shape index (κ2) is 7.56. The fourth-order valence-corrected chi connectivity index (χ4v) is 2.83. The molecule has 2 aromatic carbocycles. The van der Waals surface area contributed by atoms with Crippen LogP contribution in [0.15, 0.2) is 48.5 Å². The molecule has 1 heterocycles. The van der Waals surface area contributed by atoms with Gasteiger partial charge in [0.1, 0.15) is 0 Å². The number of hydrogen-bond acceptors (Lipinski definition) is 3. The van der Waals surface area contributed by atoms with Crippen molar-refractivity contribution in [2.45, 2.75) is 19.4 Å². The Morgan fingerprint density at radius 1 is 1.00 bits per heavy atom. The van der Waals surface area contributed by atoms with Gasteiger partial charge in [0.25, 0.3) is 0 Å². The number of nitrogens with one attached hydrogen (secondary N) is 2. The van der Waals surface area contributed by atoms with Crippen molar-refractivity contribution >= 4 is 34.9 Å². The zero-order chi connectivity index (χ0) is 18.5. The van der Waals surface area contributed by atoms with Crippen molar-refractivity contribution < 1.29 is 19.8 Å². The molecule has 3 rings (SSSR count). The minimum Gasteiger partial charge on any atom is -0.465 e. The maximum atomic E-state index is 11.1. The van der Waals surface area contributed by atoms with Gasteiger partial charge in [-0.2, -0.15) is 0 Å². The summed E-state index contributed by atoms with van der Waals surface area (Å²) >= 11 is 0. The number of carboxylic acid groups (broad SMARTS) is 2. The van der Waals surface area contributed by atoms with Gasteiger partial charge in [0.15, 0.2) is 0 Å². The highest BCUT2D eigenvalue weighted by Gasteiger charge is 2.13. The average Bonchev–Trinajstić information content (AvgIpc) is 2.91. The zero-order valence-electron chi connectivity index (χ0n) is 13.8. The number of fused-ring (bicyclic) bond motifs is 1. The van der Waals surface area contributed by atoms with Gasteiger partial charge in [0, 0.05) is 12.2 Å². The van der Waals surface area contributed by atoms with Crippen LogP contribution in [0.2, 0.25) is 0 Å². The predicted molar refractivity (Wildman–Crippen MR) is 97.8 cm³/mol. The maximum absolute atomic E-state index is 11.1. The Kier molecular flexibility index (Phi) is 5.02. The third-order valence-electron chi connectivity index (χ3n) is 3.91. The van der Waals surface area contributed by atoms with Gasteiger partial charge < -0.3 is 14.8 Å². The first kappa shape index (κ1) is 17.3. The summed E-state index contributed by atoms with van der Waals surface area (Å²) in [5.74, 6) is 0.216. The van der Waals surface area contributed by atoms with E-state index in [1.54, 1.807) is 22.8 Å². The third kappa shape index (κ3) is 4.10. The Hall–Kier alpha value is -3.55. The van der Waals surface area contributed by atoms with Crippen LogP contribution in [0.25, 0.3) is 11.0 Å². The summed E-state index contributed by atoms with van der Waals surface area (Å²) in [5, 5.41) is 22.4. The molecule has 0 spiro atoms. The van der Waals surface area contributed by atoms with Crippen molar-refractivity contribution in [3.05, 3.63) is 54.1 Å². The number of amides is 2. The molecule has 0 saturated heterocycles. The van der Waals surface area contributed by atoms with Crippen molar-refractivity contribution in [2.75, 3.05) is 10.6 Å². The van der Waals surface area contributed by atoms with E-state index in [9.17, 15) is 9.59 Å². The lowest BCUT2D eigenvalue weighted by Gasteiger charge is -2.09. The lowest BCUT2D eigenvalue weighted by atomic mass is 10.1. The molecule has 0 aliphatic heterocycles. The first-order chi connectivity index (χ1) is 12.5. The molecule has 8 heteroatoms. The monoisotopic (exact) mass is 354 g/mol. The maximum Gasteiger partial charge on any atom is 0.411 e. The average molecular weight is 354 g/mol. The normalized spacial score (nSPS) is 10.6. The molecular formula is C18H18N4O4. The van der Waals surface area contributed by atoms with Gasteiger partial charge in [0.05, 0.1) is 11.0 Å². The minimum absolute atomic E-state index is 0.216. The molecule has 0 bridgehead atoms. The van der Waals surface area contributed by atoms with E-state index < -0.39 is 12.2 Å². The molecule has 0 fully saturated rings. The number of imidazole rings is 1. The predicted octanol–water partition coefficient (Wildman–Crippen LogP) is 3.85. The van der Waals surface area contributed by atoms with Crippen LogP contribution >= 0.6 is 0 Å². The van der Waals surface area contributed by atoms with Gasteiger partial charge in [0.2, 0.25) is 5.95 Å². The Morgan fingerprint density at radius 2 is 1.73 bits per heavy atom. The molecule has 4 N–H and O–H groups in total. The van der Waals surface area contributed by atoms with E-state index in [1.165, 1.54) is 5.56 Å². The molecule has 2 amide bonds. The van der Waals surface area contributed by atoms with Crippen molar-refractivity contribution in [2.24, 2.45) is 0 Å². The lowest BCUT2D eigenvalue weighted by molar-refractivity contribution is 0.208. The highest BCUT2D eigenvalue weighted by Crippen LogP contribution is 2.24. The number of rotatable bonds is 6. The molecule has 3 aromatic rings. The Balaban J connectivity index is 1.85. The molecule has 0 aliphatic carbocycles. The summed E-state index contributed by atoms with van der Waals surface area (Å²) in [6, 6.07) is 14.9. The minimum atomic E-state index is -1.20. The van der Waals surface area contributed by atoms with Crippen molar-refractivity contribution in [1.29, 1.82) is 0 Å². The smallest absolute Gasteiger partial charge is 0.411 e. The van der Waals surface area contributed by atoms with Crippen molar-refractivity contribution in [1.82, 2.24) is 9.55 Å². The topological polar surface area (TPSA) is 116 Å². The van der Waals surface area contributed by atoms with E-state index in [2.05, 4.69) is 15.6 Å². The fourth-order valence-electron chi connectivity index (χ4n) is 2.83. The summed E-state index contributed by atoms with van der Waals surface area (Å²) in [6.07, 6.45) is -0.714. The lowest BCUT2D eigenvalue weighted by Crippen LogP contribution is -2.13. The molecule has 8 nitrogen and oxygen atoms in total. The highest BCUT2D eigenvalue weighted by molar-refractivity contribution is 5.90. The summed E-state index contributed by atoms with van der Waals surface area (Å²) in [4.78, 5) is 26.1. The van der Waals surface area contributed by atoms with E-state index in [0.29, 0.717) is 17.7 Å². The SMILES string of the molecule is O=C(O)Nc1ccc2c(c1)nc(NC(=O)O)n2CCCc1ccccc1. The summed E-state index contributed by atoms with van der Waals surface area (Å²) in [7, 11) is 0. The number of carbonyl (C=O) groups is 2. The second-order valence-electron chi connectivity index (χ2n) is 5.74. The van der Waals surface area contributed by atoms with E-state index in [0.717, 1.165) is 18.4 Å². The number of benzene rings is 2. The second-order valence-corrected chi connectivity index (χ2v) is 5.74. The summed E-state index contributed by atoms with van der Waals surface area (Å²) < 4.78 is 1.79. The van der Waals surface area contributed by atoms with Crippen LogP contribution in [0.3, 0.4) is 0 Å². The first-order valence-corrected chi connectivity index (χ1v) is 8.07. The van der Waals surface area contributed by atoms with Crippen LogP contribution in [-0.4, -0.2) is 32.0 Å². The number of aryl methyl sites for hydroxylation is 2. The number of nitrogens with zero attached hydrogens (tertiary/aromatic N) is 2. The number of aromatic nitrogens is 2. The molecule has 0 aliphatic rings. The molecule has 0 saturated carbocycles. The molecule has 0 unspecified atom stereocenters. The molecule has 0 atom stereocenters. The van der Waals surface area contributed by atoms with Crippen LogP contribution < -0.4 is 10.6 Å². The quantitative estimate of drug-likeness (QED) is 0.536. The van der Waals surface area contributed by atoms with E-state index in [-0.39, 0.29) is 5.95 Å². The Labute approximate surface area is 149 Å². The van der Waals surface area contributed by atoms with E-state index in [1.807, 2.05) is 30.3 Å².